The highest BCUT2D eigenvalue weighted by Gasteiger charge is 2.43. The van der Waals surface area contributed by atoms with Crippen molar-refractivity contribution in [3.05, 3.63) is 77.3 Å². The Hall–Kier alpha value is -3.72. The molecule has 1 atom stereocenters. The molecule has 9 nitrogen and oxygen atoms in total. The number of amidine groups is 1. The lowest BCUT2D eigenvalue weighted by atomic mass is 10.00. The Morgan fingerprint density at radius 3 is 2.45 bits per heavy atom. The Morgan fingerprint density at radius 1 is 1.18 bits per heavy atom. The van der Waals surface area contributed by atoms with Crippen molar-refractivity contribution in [1.82, 2.24) is 25.4 Å². The highest BCUT2D eigenvalue weighted by Crippen LogP contribution is 2.32. The predicted octanol–water partition coefficient (Wildman–Crippen LogP) is 2.11. The van der Waals surface area contributed by atoms with Crippen molar-refractivity contribution in [2.75, 3.05) is 27.2 Å². The summed E-state index contributed by atoms with van der Waals surface area (Å²) < 4.78 is 0. The summed E-state index contributed by atoms with van der Waals surface area (Å²) in [5.74, 6) is -0.642. The number of urea groups is 1. The maximum absolute atomic E-state index is 13.3. The predicted molar refractivity (Wildman–Crippen MR) is 128 cm³/mol. The van der Waals surface area contributed by atoms with Crippen molar-refractivity contribution >= 4 is 17.8 Å². The van der Waals surface area contributed by atoms with Crippen molar-refractivity contribution in [2.45, 2.75) is 25.4 Å². The van der Waals surface area contributed by atoms with E-state index in [4.69, 9.17) is 11.1 Å². The smallest absolute Gasteiger partial charge is 0.318 e. The molecule has 0 spiro atoms. The van der Waals surface area contributed by atoms with E-state index >= 15 is 0 Å². The molecule has 1 aromatic carbocycles. The summed E-state index contributed by atoms with van der Waals surface area (Å²) in [6.07, 6.45) is 1.51. The number of benzene rings is 1. The van der Waals surface area contributed by atoms with Gasteiger partial charge in [-0.1, -0.05) is 36.4 Å². The molecule has 1 aliphatic heterocycles. The first-order chi connectivity index (χ1) is 15.6. The van der Waals surface area contributed by atoms with Gasteiger partial charge in [-0.3, -0.25) is 15.2 Å². The standard InChI is InChI=1S/C24H31N7O2/c1-24(2)20(25)17(21(26)29-22(32)18-12-8-9-13-27-18)14-31(24)23(33)28-19(15-30(3)4)16-10-6-5-7-11-16/h5-13,19H,14-15,25H2,1-4H3,(H,28,33)(H2,26,29,32)/t19-/m1/s1. The fourth-order valence-electron chi connectivity index (χ4n) is 3.76. The molecule has 1 aliphatic rings. The van der Waals surface area contributed by atoms with Gasteiger partial charge in [0.2, 0.25) is 0 Å². The third-order valence-corrected chi connectivity index (χ3v) is 5.71. The van der Waals surface area contributed by atoms with Crippen molar-refractivity contribution in [2.24, 2.45) is 5.73 Å². The summed E-state index contributed by atoms with van der Waals surface area (Å²) in [6.45, 7) is 4.38. The minimum atomic E-state index is -0.833. The fraction of sp³-hybridized carbons (Fsp3) is 0.333. The molecular weight excluding hydrogens is 418 g/mol. The third kappa shape index (κ3) is 5.38. The lowest BCUT2D eigenvalue weighted by Crippen LogP contribution is -2.52. The van der Waals surface area contributed by atoms with Crippen molar-refractivity contribution in [1.29, 1.82) is 5.41 Å². The Balaban J connectivity index is 1.75. The zero-order valence-corrected chi connectivity index (χ0v) is 19.4. The first kappa shape index (κ1) is 23.9. The van der Waals surface area contributed by atoms with E-state index in [2.05, 4.69) is 15.6 Å². The number of likely N-dealkylation sites (N-methyl/N-ethyl adjacent to an activating group) is 1. The molecule has 1 aromatic heterocycles. The number of pyridine rings is 1. The number of carbonyl (C=O) groups excluding carboxylic acids is 2. The fourth-order valence-corrected chi connectivity index (χ4v) is 3.76. The molecule has 0 saturated heterocycles. The lowest BCUT2D eigenvalue weighted by Gasteiger charge is -2.35. The average Bonchev–Trinajstić information content (AvgIpc) is 3.03. The normalized spacial score (nSPS) is 16.0. The van der Waals surface area contributed by atoms with Crippen LogP contribution in [0, 0.1) is 5.41 Å². The van der Waals surface area contributed by atoms with Crippen molar-refractivity contribution < 1.29 is 9.59 Å². The number of nitrogens with two attached hydrogens (primary N) is 1. The van der Waals surface area contributed by atoms with Gasteiger partial charge in [0.1, 0.15) is 11.5 Å². The molecular formula is C24H31N7O2. The topological polar surface area (TPSA) is 127 Å². The Bertz CT molecular complexity index is 1050. The van der Waals surface area contributed by atoms with E-state index in [0.29, 0.717) is 17.8 Å². The van der Waals surface area contributed by atoms with E-state index in [-0.39, 0.29) is 30.1 Å². The van der Waals surface area contributed by atoms with Crippen LogP contribution < -0.4 is 16.4 Å². The van der Waals surface area contributed by atoms with E-state index in [1.54, 1.807) is 23.1 Å². The molecule has 33 heavy (non-hydrogen) atoms. The molecule has 0 aliphatic carbocycles. The zero-order chi connectivity index (χ0) is 24.2. The summed E-state index contributed by atoms with van der Waals surface area (Å²) in [4.78, 5) is 33.4. The highest BCUT2D eigenvalue weighted by molar-refractivity contribution is 6.11. The first-order valence-corrected chi connectivity index (χ1v) is 10.7. The summed E-state index contributed by atoms with van der Waals surface area (Å²) in [5, 5.41) is 14.1. The number of nitrogens with zero attached hydrogens (tertiary/aromatic N) is 3. The molecule has 0 fully saturated rings. The molecule has 0 radical (unpaired) electrons. The van der Waals surface area contributed by atoms with Crippen LogP contribution in [0.4, 0.5) is 4.79 Å². The van der Waals surface area contributed by atoms with E-state index in [1.165, 1.54) is 6.20 Å². The summed E-state index contributed by atoms with van der Waals surface area (Å²) in [5.41, 5.74) is 7.50. The van der Waals surface area contributed by atoms with E-state index in [9.17, 15) is 9.59 Å². The second-order valence-electron chi connectivity index (χ2n) is 8.76. The maximum Gasteiger partial charge on any atom is 0.318 e. The van der Waals surface area contributed by atoms with Gasteiger partial charge in [-0.25, -0.2) is 4.79 Å². The van der Waals surface area contributed by atoms with Crippen LogP contribution >= 0.6 is 0 Å². The number of hydrogen-bond donors (Lipinski definition) is 4. The number of carbonyl (C=O) groups is 2. The molecule has 2 heterocycles. The molecule has 9 heteroatoms. The summed E-state index contributed by atoms with van der Waals surface area (Å²) >= 11 is 0. The van der Waals surface area contributed by atoms with Gasteiger partial charge in [-0.2, -0.15) is 0 Å². The number of aromatic nitrogens is 1. The third-order valence-electron chi connectivity index (χ3n) is 5.71. The van der Waals surface area contributed by atoms with Gasteiger partial charge >= 0.3 is 6.03 Å². The van der Waals surface area contributed by atoms with Crippen molar-refractivity contribution in [3.8, 4) is 0 Å². The molecule has 0 bridgehead atoms. The van der Waals surface area contributed by atoms with Crippen molar-refractivity contribution in [3.63, 3.8) is 0 Å². The molecule has 5 N–H and O–H groups in total. The Labute approximate surface area is 194 Å². The zero-order valence-electron chi connectivity index (χ0n) is 19.4. The number of nitrogens with one attached hydrogen (secondary N) is 3. The van der Waals surface area contributed by atoms with E-state index in [1.807, 2.05) is 63.2 Å². The van der Waals surface area contributed by atoms with Crippen LogP contribution in [0.1, 0.15) is 35.9 Å². The van der Waals surface area contributed by atoms with Crippen LogP contribution in [-0.2, 0) is 0 Å². The SMILES string of the molecule is CN(C)C[C@@H](NC(=O)N1CC(C(=N)NC(=O)c2ccccn2)=C(N)C1(C)C)c1ccccc1. The lowest BCUT2D eigenvalue weighted by molar-refractivity contribution is 0.0972. The quantitative estimate of drug-likeness (QED) is 0.397. The van der Waals surface area contributed by atoms with Crippen LogP contribution in [0.5, 0.6) is 0 Å². The second kappa shape index (κ2) is 9.83. The largest absolute Gasteiger partial charge is 0.400 e. The first-order valence-electron chi connectivity index (χ1n) is 10.7. The van der Waals surface area contributed by atoms with Crippen LogP contribution in [0.3, 0.4) is 0 Å². The summed E-state index contributed by atoms with van der Waals surface area (Å²) in [6, 6.07) is 14.2. The van der Waals surface area contributed by atoms with Gasteiger partial charge in [0, 0.05) is 24.0 Å². The van der Waals surface area contributed by atoms with Gasteiger partial charge < -0.3 is 26.2 Å². The van der Waals surface area contributed by atoms with Gasteiger partial charge in [0.05, 0.1) is 18.1 Å². The molecule has 3 rings (SSSR count). The van der Waals surface area contributed by atoms with Crippen LogP contribution in [0.25, 0.3) is 0 Å². The number of rotatable bonds is 6. The molecule has 0 unspecified atom stereocenters. The van der Waals surface area contributed by atoms with E-state index < -0.39 is 11.4 Å². The van der Waals surface area contributed by atoms with Crippen LogP contribution in [0.2, 0.25) is 0 Å². The molecule has 2 aromatic rings. The van der Waals surface area contributed by atoms with Crippen LogP contribution in [-0.4, -0.2) is 65.3 Å². The second-order valence-corrected chi connectivity index (χ2v) is 8.76. The van der Waals surface area contributed by atoms with Gasteiger partial charge in [-0.15, -0.1) is 0 Å². The highest BCUT2D eigenvalue weighted by atomic mass is 16.2. The number of amides is 3. The van der Waals surface area contributed by atoms with Gasteiger partial charge in [0.25, 0.3) is 5.91 Å². The Kier molecular flexibility index (Phi) is 7.13. The average molecular weight is 450 g/mol. The van der Waals surface area contributed by atoms with Gasteiger partial charge in [0.15, 0.2) is 0 Å². The number of hydrogen-bond acceptors (Lipinski definition) is 6. The molecule has 0 saturated carbocycles. The Morgan fingerprint density at radius 2 is 1.85 bits per heavy atom. The van der Waals surface area contributed by atoms with Crippen LogP contribution in [0.15, 0.2) is 66.0 Å². The molecule has 174 valence electrons. The minimum absolute atomic E-state index is 0.107. The summed E-state index contributed by atoms with van der Waals surface area (Å²) in [7, 11) is 3.90. The monoisotopic (exact) mass is 449 g/mol. The van der Waals surface area contributed by atoms with Gasteiger partial charge in [-0.05, 0) is 45.6 Å². The minimum Gasteiger partial charge on any atom is -0.400 e. The van der Waals surface area contributed by atoms with E-state index in [0.717, 1.165) is 5.56 Å². The molecule has 3 amide bonds. The maximum atomic E-state index is 13.3.